The van der Waals surface area contributed by atoms with E-state index in [0.717, 1.165) is 18.3 Å². The molecule has 1 aromatic rings. The van der Waals surface area contributed by atoms with Crippen molar-refractivity contribution in [3.8, 4) is 5.75 Å². The van der Waals surface area contributed by atoms with Gasteiger partial charge in [0.25, 0.3) is 0 Å². The van der Waals surface area contributed by atoms with Crippen molar-refractivity contribution in [1.29, 1.82) is 0 Å². The standard InChI is InChI=1S/C15H25N3O2/c1-12(2)20-14-7-5-13(6-8-14)11-18-15(16-3)17-9-10-19-4/h5-8,12H,9-11H2,1-4H3,(H2,16,17,18). The minimum absolute atomic E-state index is 0.197. The number of nitrogens with zero attached hydrogens (tertiary/aromatic N) is 1. The summed E-state index contributed by atoms with van der Waals surface area (Å²) >= 11 is 0. The highest BCUT2D eigenvalue weighted by molar-refractivity contribution is 5.79. The SMILES string of the molecule is CN=C(NCCOC)NCc1ccc(OC(C)C)cc1. The Balaban J connectivity index is 2.40. The number of nitrogens with one attached hydrogen (secondary N) is 2. The number of hydrogen-bond acceptors (Lipinski definition) is 3. The van der Waals surface area contributed by atoms with Gasteiger partial charge in [-0.05, 0) is 31.5 Å². The summed E-state index contributed by atoms with van der Waals surface area (Å²) in [7, 11) is 3.43. The Hall–Kier alpha value is -1.75. The van der Waals surface area contributed by atoms with Crippen LogP contribution in [0.25, 0.3) is 0 Å². The van der Waals surface area contributed by atoms with Gasteiger partial charge in [-0.15, -0.1) is 0 Å². The Morgan fingerprint density at radius 1 is 1.20 bits per heavy atom. The van der Waals surface area contributed by atoms with Crippen molar-refractivity contribution in [3.63, 3.8) is 0 Å². The van der Waals surface area contributed by atoms with E-state index in [1.54, 1.807) is 14.2 Å². The lowest BCUT2D eigenvalue weighted by Crippen LogP contribution is -2.38. The van der Waals surface area contributed by atoms with Crippen LogP contribution in [-0.4, -0.2) is 39.4 Å². The summed E-state index contributed by atoms with van der Waals surface area (Å²) in [4.78, 5) is 4.15. The maximum atomic E-state index is 5.61. The van der Waals surface area contributed by atoms with Gasteiger partial charge >= 0.3 is 0 Å². The highest BCUT2D eigenvalue weighted by atomic mass is 16.5. The molecule has 1 aromatic carbocycles. The van der Waals surface area contributed by atoms with Crippen LogP contribution in [-0.2, 0) is 11.3 Å². The van der Waals surface area contributed by atoms with Crippen LogP contribution in [0.2, 0.25) is 0 Å². The average Bonchev–Trinajstić information content (AvgIpc) is 2.43. The average molecular weight is 279 g/mol. The number of methoxy groups -OCH3 is 1. The summed E-state index contributed by atoms with van der Waals surface area (Å²) in [6.07, 6.45) is 0.197. The Bertz CT molecular complexity index is 402. The molecule has 0 aliphatic rings. The van der Waals surface area contributed by atoms with E-state index >= 15 is 0 Å². The van der Waals surface area contributed by atoms with E-state index in [0.29, 0.717) is 13.2 Å². The first kappa shape index (κ1) is 16.3. The summed E-state index contributed by atoms with van der Waals surface area (Å²) < 4.78 is 10.6. The van der Waals surface area contributed by atoms with Crippen LogP contribution in [0.3, 0.4) is 0 Å². The molecule has 0 atom stereocenters. The zero-order chi connectivity index (χ0) is 14.8. The van der Waals surface area contributed by atoms with Crippen molar-refractivity contribution in [2.45, 2.75) is 26.5 Å². The molecule has 1 rings (SSSR count). The molecule has 112 valence electrons. The van der Waals surface area contributed by atoms with Crippen LogP contribution in [0.15, 0.2) is 29.3 Å². The zero-order valence-electron chi connectivity index (χ0n) is 12.8. The molecule has 0 unspecified atom stereocenters. The molecule has 0 saturated carbocycles. The predicted octanol–water partition coefficient (Wildman–Crippen LogP) is 1.79. The van der Waals surface area contributed by atoms with Gasteiger partial charge in [-0.1, -0.05) is 12.1 Å². The summed E-state index contributed by atoms with van der Waals surface area (Å²) in [6, 6.07) is 8.07. The van der Waals surface area contributed by atoms with Crippen LogP contribution in [0.1, 0.15) is 19.4 Å². The van der Waals surface area contributed by atoms with Gasteiger partial charge < -0.3 is 20.1 Å². The molecule has 0 aliphatic heterocycles. The molecule has 0 spiro atoms. The van der Waals surface area contributed by atoms with Crippen molar-refractivity contribution < 1.29 is 9.47 Å². The van der Waals surface area contributed by atoms with E-state index in [4.69, 9.17) is 9.47 Å². The van der Waals surface area contributed by atoms with E-state index in [-0.39, 0.29) is 6.10 Å². The van der Waals surface area contributed by atoms with Gasteiger partial charge in [0.1, 0.15) is 5.75 Å². The Labute approximate surface area is 121 Å². The van der Waals surface area contributed by atoms with Gasteiger partial charge in [0.05, 0.1) is 12.7 Å². The Morgan fingerprint density at radius 2 is 1.90 bits per heavy atom. The third kappa shape index (κ3) is 6.43. The number of benzene rings is 1. The van der Waals surface area contributed by atoms with Gasteiger partial charge in [0.15, 0.2) is 5.96 Å². The number of aliphatic imine (C=N–C) groups is 1. The molecule has 0 bridgehead atoms. The van der Waals surface area contributed by atoms with E-state index in [1.807, 2.05) is 38.1 Å². The number of hydrogen-bond donors (Lipinski definition) is 2. The van der Waals surface area contributed by atoms with Gasteiger partial charge in [0, 0.05) is 27.2 Å². The molecule has 0 aliphatic carbocycles. The number of rotatable bonds is 7. The molecule has 20 heavy (non-hydrogen) atoms. The molecular weight excluding hydrogens is 254 g/mol. The highest BCUT2D eigenvalue weighted by Crippen LogP contribution is 2.13. The Morgan fingerprint density at radius 3 is 2.45 bits per heavy atom. The lowest BCUT2D eigenvalue weighted by molar-refractivity contribution is 0.203. The number of guanidine groups is 1. The minimum atomic E-state index is 0.197. The first-order valence-corrected chi connectivity index (χ1v) is 6.84. The summed E-state index contributed by atoms with van der Waals surface area (Å²) in [5.41, 5.74) is 1.18. The van der Waals surface area contributed by atoms with Crippen LogP contribution < -0.4 is 15.4 Å². The smallest absolute Gasteiger partial charge is 0.191 e. The second-order valence-corrected chi connectivity index (χ2v) is 4.66. The van der Waals surface area contributed by atoms with Crippen LogP contribution >= 0.6 is 0 Å². The molecule has 0 radical (unpaired) electrons. The molecule has 5 heteroatoms. The number of ether oxygens (including phenoxy) is 2. The molecule has 2 N–H and O–H groups in total. The molecule has 0 aromatic heterocycles. The first-order chi connectivity index (χ1) is 9.65. The van der Waals surface area contributed by atoms with Gasteiger partial charge in [0.2, 0.25) is 0 Å². The van der Waals surface area contributed by atoms with E-state index < -0.39 is 0 Å². The van der Waals surface area contributed by atoms with E-state index in [2.05, 4.69) is 15.6 Å². The molecule has 0 fully saturated rings. The monoisotopic (exact) mass is 279 g/mol. The van der Waals surface area contributed by atoms with Gasteiger partial charge in [-0.3, -0.25) is 4.99 Å². The third-order valence-electron chi connectivity index (χ3n) is 2.58. The Kier molecular flexibility index (Phi) is 7.50. The maximum Gasteiger partial charge on any atom is 0.191 e. The fourth-order valence-corrected chi connectivity index (χ4v) is 1.64. The first-order valence-electron chi connectivity index (χ1n) is 6.84. The minimum Gasteiger partial charge on any atom is -0.491 e. The van der Waals surface area contributed by atoms with Crippen molar-refractivity contribution >= 4 is 5.96 Å². The fraction of sp³-hybridized carbons (Fsp3) is 0.533. The van der Waals surface area contributed by atoms with Crippen LogP contribution in [0, 0.1) is 0 Å². The van der Waals surface area contributed by atoms with Gasteiger partial charge in [-0.25, -0.2) is 0 Å². The van der Waals surface area contributed by atoms with Crippen molar-refractivity contribution in [3.05, 3.63) is 29.8 Å². The predicted molar refractivity (Wildman–Crippen MR) is 82.3 cm³/mol. The van der Waals surface area contributed by atoms with Crippen molar-refractivity contribution in [1.82, 2.24) is 10.6 Å². The van der Waals surface area contributed by atoms with Gasteiger partial charge in [-0.2, -0.15) is 0 Å². The summed E-state index contributed by atoms with van der Waals surface area (Å²) in [5.74, 6) is 1.66. The maximum absolute atomic E-state index is 5.61. The molecule has 5 nitrogen and oxygen atoms in total. The quantitative estimate of drug-likeness (QED) is 0.454. The summed E-state index contributed by atoms with van der Waals surface area (Å²) in [5, 5.41) is 6.41. The lowest BCUT2D eigenvalue weighted by atomic mass is 10.2. The van der Waals surface area contributed by atoms with Crippen molar-refractivity contribution in [2.24, 2.45) is 4.99 Å². The van der Waals surface area contributed by atoms with Crippen LogP contribution in [0.4, 0.5) is 0 Å². The normalized spacial score (nSPS) is 11.6. The third-order valence-corrected chi connectivity index (χ3v) is 2.58. The largest absolute Gasteiger partial charge is 0.491 e. The lowest BCUT2D eigenvalue weighted by Gasteiger charge is -2.13. The highest BCUT2D eigenvalue weighted by Gasteiger charge is 2.00. The topological polar surface area (TPSA) is 54.9 Å². The molecule has 0 amide bonds. The molecule has 0 saturated heterocycles. The van der Waals surface area contributed by atoms with E-state index in [1.165, 1.54) is 5.56 Å². The second-order valence-electron chi connectivity index (χ2n) is 4.66. The second kappa shape index (κ2) is 9.20. The molecular formula is C15H25N3O2. The fourth-order valence-electron chi connectivity index (χ4n) is 1.64. The molecule has 0 heterocycles. The van der Waals surface area contributed by atoms with Crippen LogP contribution in [0.5, 0.6) is 5.75 Å². The van der Waals surface area contributed by atoms with E-state index in [9.17, 15) is 0 Å². The zero-order valence-corrected chi connectivity index (χ0v) is 12.8. The summed E-state index contributed by atoms with van der Waals surface area (Å²) in [6.45, 7) is 6.14. The van der Waals surface area contributed by atoms with Crippen molar-refractivity contribution in [2.75, 3.05) is 27.3 Å².